The Hall–Kier alpha value is -1.35. The van der Waals surface area contributed by atoms with Crippen LogP contribution in [0, 0.1) is 5.92 Å². The molecule has 1 atom stereocenters. The Morgan fingerprint density at radius 2 is 2.05 bits per heavy atom. The van der Waals surface area contributed by atoms with E-state index in [4.69, 9.17) is 0 Å². The number of rotatable bonds is 6. The number of aromatic nitrogens is 2. The number of nitrogens with one attached hydrogen (secondary N) is 1. The summed E-state index contributed by atoms with van der Waals surface area (Å²) in [5.41, 5.74) is 1.26. The second-order valence-electron chi connectivity index (χ2n) is 6.34. The van der Waals surface area contributed by atoms with Crippen molar-refractivity contribution in [3.8, 4) is 0 Å². The molecule has 1 N–H and O–H groups in total. The van der Waals surface area contributed by atoms with Crippen LogP contribution in [0.15, 0.2) is 30.5 Å². The molecule has 1 aromatic carbocycles. The number of fused-ring (bicyclic) bond motifs is 1. The van der Waals surface area contributed by atoms with Crippen LogP contribution in [0.2, 0.25) is 0 Å². The van der Waals surface area contributed by atoms with E-state index < -0.39 is 0 Å². The molecule has 2 aromatic rings. The Morgan fingerprint density at radius 3 is 2.86 bits per heavy atom. The van der Waals surface area contributed by atoms with Gasteiger partial charge in [-0.25, -0.2) is 0 Å². The summed E-state index contributed by atoms with van der Waals surface area (Å²) in [5.74, 6) is 0.813. The zero-order chi connectivity index (χ0) is 14.5. The maximum Gasteiger partial charge on any atom is 0.0683 e. The Morgan fingerprint density at radius 1 is 1.24 bits per heavy atom. The van der Waals surface area contributed by atoms with Crippen LogP contribution in [0.25, 0.3) is 10.9 Å². The average Bonchev–Trinajstić information content (AvgIpc) is 2.95. The smallest absolute Gasteiger partial charge is 0.0683 e. The molecule has 21 heavy (non-hydrogen) atoms. The third-order valence-corrected chi connectivity index (χ3v) is 4.80. The maximum absolute atomic E-state index is 4.61. The monoisotopic (exact) mass is 285 g/mol. The SMILES string of the molecule is CCCNC(Cn1ncc2ccccc21)C1CCCCC1. The molecule has 3 nitrogen and oxygen atoms in total. The lowest BCUT2D eigenvalue weighted by Crippen LogP contribution is -2.41. The molecule has 1 unspecified atom stereocenters. The van der Waals surface area contributed by atoms with Crippen molar-refractivity contribution in [3.05, 3.63) is 30.5 Å². The van der Waals surface area contributed by atoms with Crippen LogP contribution in [0.3, 0.4) is 0 Å². The first kappa shape index (κ1) is 14.6. The Labute approximate surface area is 127 Å². The zero-order valence-corrected chi connectivity index (χ0v) is 13.1. The first-order valence-corrected chi connectivity index (χ1v) is 8.52. The molecule has 0 saturated heterocycles. The van der Waals surface area contributed by atoms with E-state index in [1.807, 2.05) is 6.20 Å². The summed E-state index contributed by atoms with van der Waals surface area (Å²) in [7, 11) is 0. The minimum absolute atomic E-state index is 0.563. The lowest BCUT2D eigenvalue weighted by molar-refractivity contribution is 0.244. The third-order valence-electron chi connectivity index (χ3n) is 4.80. The van der Waals surface area contributed by atoms with Crippen molar-refractivity contribution < 1.29 is 0 Å². The van der Waals surface area contributed by atoms with Gasteiger partial charge < -0.3 is 5.32 Å². The Kier molecular flexibility index (Phi) is 4.91. The summed E-state index contributed by atoms with van der Waals surface area (Å²) < 4.78 is 2.19. The third kappa shape index (κ3) is 3.46. The second kappa shape index (κ2) is 7.08. The van der Waals surface area contributed by atoms with Crippen LogP contribution in [0.4, 0.5) is 0 Å². The fourth-order valence-electron chi connectivity index (χ4n) is 3.60. The second-order valence-corrected chi connectivity index (χ2v) is 6.34. The Balaban J connectivity index is 1.76. The normalized spacial score (nSPS) is 18.1. The van der Waals surface area contributed by atoms with Crippen molar-refractivity contribution in [2.24, 2.45) is 5.92 Å². The predicted octanol–water partition coefficient (Wildman–Crippen LogP) is 3.98. The fourth-order valence-corrected chi connectivity index (χ4v) is 3.60. The van der Waals surface area contributed by atoms with Crippen LogP contribution in [0.5, 0.6) is 0 Å². The van der Waals surface area contributed by atoms with E-state index >= 15 is 0 Å². The molecule has 114 valence electrons. The van der Waals surface area contributed by atoms with Gasteiger partial charge >= 0.3 is 0 Å². The van der Waals surface area contributed by atoms with Crippen LogP contribution in [-0.4, -0.2) is 22.4 Å². The summed E-state index contributed by atoms with van der Waals surface area (Å²) in [6.07, 6.45) is 10.2. The number of hydrogen-bond donors (Lipinski definition) is 1. The van der Waals surface area contributed by atoms with Gasteiger partial charge in [0, 0.05) is 11.4 Å². The first-order chi connectivity index (χ1) is 10.4. The van der Waals surface area contributed by atoms with Gasteiger partial charge in [-0.2, -0.15) is 5.10 Å². The minimum Gasteiger partial charge on any atom is -0.312 e. The molecular formula is C18H27N3. The molecule has 1 saturated carbocycles. The highest BCUT2D eigenvalue weighted by Crippen LogP contribution is 2.27. The van der Waals surface area contributed by atoms with E-state index in [2.05, 4.69) is 46.3 Å². The molecule has 1 aliphatic rings. The van der Waals surface area contributed by atoms with E-state index in [0.717, 1.165) is 19.0 Å². The Bertz CT molecular complexity index is 554. The van der Waals surface area contributed by atoms with Gasteiger partial charge in [0.05, 0.1) is 18.3 Å². The molecule has 3 heteroatoms. The lowest BCUT2D eigenvalue weighted by Gasteiger charge is -2.31. The zero-order valence-electron chi connectivity index (χ0n) is 13.1. The standard InChI is InChI=1S/C18H27N3/c1-2-12-19-17(15-8-4-3-5-9-15)14-21-18-11-7-6-10-16(18)13-20-21/h6-7,10-11,13,15,17,19H,2-5,8-9,12,14H2,1H3. The van der Waals surface area contributed by atoms with E-state index in [1.54, 1.807) is 0 Å². The molecule has 0 bridgehead atoms. The van der Waals surface area contributed by atoms with Crippen molar-refractivity contribution in [2.75, 3.05) is 6.54 Å². The number of benzene rings is 1. The highest BCUT2D eigenvalue weighted by atomic mass is 15.3. The number of nitrogens with zero attached hydrogens (tertiary/aromatic N) is 2. The molecule has 0 amide bonds. The van der Waals surface area contributed by atoms with Crippen molar-refractivity contribution in [1.82, 2.24) is 15.1 Å². The van der Waals surface area contributed by atoms with E-state index in [9.17, 15) is 0 Å². The van der Waals surface area contributed by atoms with Crippen molar-refractivity contribution in [1.29, 1.82) is 0 Å². The molecule has 0 aliphatic heterocycles. The van der Waals surface area contributed by atoms with E-state index in [0.29, 0.717) is 6.04 Å². The number of para-hydroxylation sites is 1. The van der Waals surface area contributed by atoms with E-state index in [1.165, 1.54) is 49.4 Å². The van der Waals surface area contributed by atoms with Crippen LogP contribution in [-0.2, 0) is 6.54 Å². The summed E-state index contributed by atoms with van der Waals surface area (Å²) in [6.45, 7) is 4.35. The van der Waals surface area contributed by atoms with Gasteiger partial charge in [0.2, 0.25) is 0 Å². The fraction of sp³-hybridized carbons (Fsp3) is 0.611. The van der Waals surface area contributed by atoms with Gasteiger partial charge in [-0.1, -0.05) is 44.4 Å². The van der Waals surface area contributed by atoms with Gasteiger partial charge in [-0.3, -0.25) is 4.68 Å². The molecule has 1 fully saturated rings. The molecule has 1 aliphatic carbocycles. The summed E-state index contributed by atoms with van der Waals surface area (Å²) in [5, 5.41) is 9.64. The molecule has 1 aromatic heterocycles. The van der Waals surface area contributed by atoms with Crippen LogP contribution >= 0.6 is 0 Å². The van der Waals surface area contributed by atoms with E-state index in [-0.39, 0.29) is 0 Å². The van der Waals surface area contributed by atoms with Crippen LogP contribution < -0.4 is 5.32 Å². The van der Waals surface area contributed by atoms with Gasteiger partial charge in [-0.05, 0) is 37.8 Å². The first-order valence-electron chi connectivity index (χ1n) is 8.52. The van der Waals surface area contributed by atoms with Gasteiger partial charge in [-0.15, -0.1) is 0 Å². The van der Waals surface area contributed by atoms with Crippen molar-refractivity contribution >= 4 is 10.9 Å². The summed E-state index contributed by atoms with van der Waals surface area (Å²) >= 11 is 0. The molecule has 1 heterocycles. The topological polar surface area (TPSA) is 29.9 Å². The van der Waals surface area contributed by atoms with Crippen molar-refractivity contribution in [2.45, 2.75) is 58.0 Å². The van der Waals surface area contributed by atoms with Crippen LogP contribution in [0.1, 0.15) is 45.4 Å². The molecule has 0 radical (unpaired) electrons. The number of hydrogen-bond acceptors (Lipinski definition) is 2. The average molecular weight is 285 g/mol. The minimum atomic E-state index is 0.563. The highest BCUT2D eigenvalue weighted by molar-refractivity contribution is 5.78. The molecule has 3 rings (SSSR count). The maximum atomic E-state index is 4.61. The quantitative estimate of drug-likeness (QED) is 0.870. The molecule has 0 spiro atoms. The summed E-state index contributed by atoms with van der Waals surface area (Å²) in [4.78, 5) is 0. The van der Waals surface area contributed by atoms with Crippen molar-refractivity contribution in [3.63, 3.8) is 0 Å². The van der Waals surface area contributed by atoms with Gasteiger partial charge in [0.1, 0.15) is 0 Å². The lowest BCUT2D eigenvalue weighted by atomic mass is 9.83. The van der Waals surface area contributed by atoms with Gasteiger partial charge in [0.25, 0.3) is 0 Å². The molecular weight excluding hydrogens is 258 g/mol. The largest absolute Gasteiger partial charge is 0.312 e. The van der Waals surface area contributed by atoms with Gasteiger partial charge in [0.15, 0.2) is 0 Å². The highest BCUT2D eigenvalue weighted by Gasteiger charge is 2.24. The predicted molar refractivity (Wildman–Crippen MR) is 88.4 cm³/mol. The summed E-state index contributed by atoms with van der Waals surface area (Å²) in [6, 6.07) is 9.08.